The van der Waals surface area contributed by atoms with Crippen LogP contribution in [0.3, 0.4) is 0 Å². The molecule has 0 amide bonds. The van der Waals surface area contributed by atoms with Gasteiger partial charge in [-0.25, -0.2) is 9.97 Å². The Morgan fingerprint density at radius 3 is 1.11 bits per heavy atom. The molecule has 8 nitrogen and oxygen atoms in total. The first-order valence-corrected chi connectivity index (χ1v) is 16.6. The molecule has 53 heavy (non-hydrogen) atoms. The van der Waals surface area contributed by atoms with E-state index in [1.807, 2.05) is 66.7 Å². The van der Waals surface area contributed by atoms with Crippen molar-refractivity contribution in [2.45, 2.75) is 0 Å². The van der Waals surface area contributed by atoms with E-state index in [9.17, 15) is 0 Å². The van der Waals surface area contributed by atoms with Crippen molar-refractivity contribution in [1.29, 1.82) is 0 Å². The van der Waals surface area contributed by atoms with Crippen molar-refractivity contribution in [2.24, 2.45) is 0 Å². The van der Waals surface area contributed by atoms with Crippen molar-refractivity contribution in [2.75, 3.05) is 0 Å². The molecule has 0 saturated heterocycles. The minimum absolute atomic E-state index is 0. The molecule has 0 aliphatic heterocycles. The molecule has 0 saturated carbocycles. The number of aromatic nitrogens is 8. The molecule has 250 valence electrons. The Morgan fingerprint density at radius 2 is 0.717 bits per heavy atom. The number of fused-ring (bicyclic) bond motifs is 13. The maximum atomic E-state index is 5.50. The zero-order valence-electron chi connectivity index (χ0n) is 27.9. The van der Waals surface area contributed by atoms with Gasteiger partial charge in [-0.1, -0.05) is 54.5 Å². The van der Waals surface area contributed by atoms with Crippen molar-refractivity contribution >= 4 is 87.5 Å². The Bertz CT molecular complexity index is 2960. The molecule has 7 aromatic heterocycles. The van der Waals surface area contributed by atoms with Crippen molar-refractivity contribution in [3.63, 3.8) is 0 Å². The number of rotatable bonds is 0. The van der Waals surface area contributed by atoms with Gasteiger partial charge in [0.15, 0.2) is 0 Å². The van der Waals surface area contributed by atoms with Gasteiger partial charge in [-0.2, -0.15) is 0 Å². The van der Waals surface area contributed by atoms with Gasteiger partial charge in [0.05, 0.1) is 55.2 Å². The molecule has 7 heterocycles. The molecule has 9 heteroatoms. The second-order valence-corrected chi connectivity index (χ2v) is 12.0. The number of benzene rings is 4. The molecule has 0 unspecified atom stereocenters. The van der Waals surface area contributed by atoms with E-state index in [2.05, 4.69) is 84.4 Å². The average molecular weight is 768 g/mol. The molecule has 0 bridgehead atoms. The monoisotopic (exact) mass is 768 g/mol. The fourth-order valence-corrected chi connectivity index (χ4v) is 6.45. The third-order valence-electron chi connectivity index (χ3n) is 8.87. The topological polar surface area (TPSA) is 103 Å². The summed E-state index contributed by atoms with van der Waals surface area (Å²) < 4.78 is 0. The van der Waals surface area contributed by atoms with E-state index in [-0.39, 0.29) is 19.5 Å². The molecule has 0 aliphatic rings. The standard InChI is InChI=1S/C20H10N4.2C12H8N2.Ru/c1-2-12-7-8-15-16(11-12)24-20-14-6-4-10-22-18(14)17-13(19(20)23-15)5-3-9-21-17;2*1-3-9-5-6-10-4-2-8-14-12(10)11(9)13-7-1;/h1,3-11H;2*1-8H;. The summed E-state index contributed by atoms with van der Waals surface area (Å²) in [6.45, 7) is 0. The normalized spacial score (nSPS) is 10.8. The summed E-state index contributed by atoms with van der Waals surface area (Å²) in [5.41, 5.74) is 9.63. The van der Waals surface area contributed by atoms with E-state index < -0.39 is 0 Å². The van der Waals surface area contributed by atoms with E-state index in [1.54, 1.807) is 37.2 Å². The summed E-state index contributed by atoms with van der Waals surface area (Å²) in [5, 5.41) is 6.45. The number of hydrogen-bond acceptors (Lipinski definition) is 8. The Balaban J connectivity index is 0.000000119. The molecular formula is C44H26N8Ru. The van der Waals surface area contributed by atoms with Crippen LogP contribution in [0.25, 0.3) is 87.5 Å². The molecule has 0 fully saturated rings. The van der Waals surface area contributed by atoms with E-state index in [4.69, 9.17) is 16.4 Å². The molecule has 4 aromatic carbocycles. The van der Waals surface area contributed by atoms with Crippen LogP contribution in [0.15, 0.2) is 152 Å². The summed E-state index contributed by atoms with van der Waals surface area (Å²) in [5.74, 6) is 2.64. The van der Waals surface area contributed by atoms with Crippen LogP contribution in [0.4, 0.5) is 0 Å². The van der Waals surface area contributed by atoms with Crippen LogP contribution in [0, 0.1) is 12.3 Å². The second-order valence-electron chi connectivity index (χ2n) is 12.0. The SMILES string of the molecule is C#Cc1ccc2nc3c4cccnc4c4ncccc4c3nc2c1.[Ru].c1cnc2c(c1)ccc1cccnc12.c1cnc2c(c1)ccc1cccnc12. The van der Waals surface area contributed by atoms with Gasteiger partial charge in [0.2, 0.25) is 0 Å². The first-order chi connectivity index (χ1) is 25.7. The first-order valence-electron chi connectivity index (χ1n) is 16.6. The molecule has 0 aliphatic carbocycles. The van der Waals surface area contributed by atoms with Gasteiger partial charge in [0, 0.05) is 94.5 Å². The third-order valence-corrected chi connectivity index (χ3v) is 8.87. The van der Waals surface area contributed by atoms with Crippen molar-refractivity contribution < 1.29 is 19.5 Å². The summed E-state index contributed by atoms with van der Waals surface area (Å²) in [6, 6.07) is 37.8. The average Bonchev–Trinajstić information content (AvgIpc) is 3.23. The maximum Gasteiger partial charge on any atom is 0.0996 e. The van der Waals surface area contributed by atoms with Gasteiger partial charge in [0.1, 0.15) is 0 Å². The van der Waals surface area contributed by atoms with Crippen LogP contribution in [0.1, 0.15) is 5.56 Å². The van der Waals surface area contributed by atoms with Crippen LogP contribution >= 0.6 is 0 Å². The fourth-order valence-electron chi connectivity index (χ4n) is 6.45. The molecule has 0 atom stereocenters. The van der Waals surface area contributed by atoms with Gasteiger partial charge < -0.3 is 0 Å². The number of pyridine rings is 6. The Hall–Kier alpha value is -6.88. The Kier molecular flexibility index (Phi) is 9.04. The quantitative estimate of drug-likeness (QED) is 0.0651. The molecule has 11 rings (SSSR count). The smallest absolute Gasteiger partial charge is 0.0996 e. The van der Waals surface area contributed by atoms with Gasteiger partial charge in [-0.15, -0.1) is 6.42 Å². The number of hydrogen-bond donors (Lipinski definition) is 0. The molecule has 0 N–H and O–H groups in total. The number of nitrogens with zero attached hydrogens (tertiary/aromatic N) is 8. The van der Waals surface area contributed by atoms with Gasteiger partial charge >= 0.3 is 0 Å². The maximum absolute atomic E-state index is 5.50. The van der Waals surface area contributed by atoms with Gasteiger partial charge in [-0.05, 0) is 66.7 Å². The largest absolute Gasteiger partial charge is 0.254 e. The molecular weight excluding hydrogens is 742 g/mol. The van der Waals surface area contributed by atoms with E-state index in [0.29, 0.717) is 0 Å². The third kappa shape index (κ3) is 6.22. The van der Waals surface area contributed by atoms with Gasteiger partial charge in [0.25, 0.3) is 0 Å². The van der Waals surface area contributed by atoms with Crippen molar-refractivity contribution in [1.82, 2.24) is 39.9 Å². The predicted octanol–water partition coefficient (Wildman–Crippen LogP) is 9.42. The van der Waals surface area contributed by atoms with Crippen LogP contribution in [-0.2, 0) is 19.5 Å². The predicted molar refractivity (Wildman–Crippen MR) is 210 cm³/mol. The van der Waals surface area contributed by atoms with E-state index in [0.717, 1.165) is 93.0 Å². The van der Waals surface area contributed by atoms with Crippen LogP contribution in [0.5, 0.6) is 0 Å². The van der Waals surface area contributed by atoms with E-state index in [1.165, 1.54) is 0 Å². The Labute approximate surface area is 315 Å². The number of terminal acetylenes is 1. The summed E-state index contributed by atoms with van der Waals surface area (Å²) >= 11 is 0. The van der Waals surface area contributed by atoms with Crippen LogP contribution < -0.4 is 0 Å². The summed E-state index contributed by atoms with van der Waals surface area (Å²) in [4.78, 5) is 36.1. The zero-order valence-corrected chi connectivity index (χ0v) is 29.7. The van der Waals surface area contributed by atoms with E-state index >= 15 is 0 Å². The summed E-state index contributed by atoms with van der Waals surface area (Å²) in [7, 11) is 0. The summed E-state index contributed by atoms with van der Waals surface area (Å²) in [6.07, 6.45) is 16.3. The molecule has 0 radical (unpaired) electrons. The van der Waals surface area contributed by atoms with Crippen molar-refractivity contribution in [3.05, 3.63) is 158 Å². The first kappa shape index (κ1) is 33.3. The second kappa shape index (κ2) is 14.4. The van der Waals surface area contributed by atoms with Crippen LogP contribution in [0.2, 0.25) is 0 Å². The van der Waals surface area contributed by atoms with Crippen molar-refractivity contribution in [3.8, 4) is 12.3 Å². The molecule has 0 spiro atoms. The fraction of sp³-hybridized carbons (Fsp3) is 0. The molecule has 11 aromatic rings. The van der Waals surface area contributed by atoms with Crippen LogP contribution in [-0.4, -0.2) is 39.9 Å². The Morgan fingerprint density at radius 1 is 0.358 bits per heavy atom. The minimum atomic E-state index is 0. The zero-order chi connectivity index (χ0) is 34.9. The van der Waals surface area contributed by atoms with Gasteiger partial charge in [-0.3, -0.25) is 29.9 Å². The minimum Gasteiger partial charge on any atom is -0.254 e.